The van der Waals surface area contributed by atoms with Crippen LogP contribution >= 0.6 is 0 Å². The third-order valence-corrected chi connectivity index (χ3v) is 5.53. The van der Waals surface area contributed by atoms with Crippen LogP contribution in [0.25, 0.3) is 0 Å². The number of carbonyl (C=O) groups is 3. The lowest BCUT2D eigenvalue weighted by molar-refractivity contribution is -0.140. The van der Waals surface area contributed by atoms with E-state index in [9.17, 15) is 32.7 Å². The first-order chi connectivity index (χ1) is 16.9. The first kappa shape index (κ1) is 28.8. The Bertz CT molecular complexity index is 1030. The molecule has 36 heavy (non-hydrogen) atoms. The number of amides is 2. The average molecular weight is 508 g/mol. The highest BCUT2D eigenvalue weighted by Gasteiger charge is 2.35. The topological polar surface area (TPSA) is 108 Å². The molecule has 7 nitrogen and oxygen atoms in total. The predicted molar refractivity (Wildman–Crippen MR) is 130 cm³/mol. The van der Waals surface area contributed by atoms with E-state index in [-0.39, 0.29) is 18.8 Å². The standard InChI is InChI=1S/C26H32F3N3O4/c1-16(2)15-22(24(34)31-20-12-8-7-11-19(20)26(27,28)29)32-23(33)21(30-17(3)25(35)36)14-13-18-9-5-4-6-10-18/h4-12,16-17,21-22,30H,13-15H2,1-3H3,(H,31,34)(H,32,33)(H,35,36)/t17-,21+,22+/m1/s1. The van der Waals surface area contributed by atoms with Gasteiger partial charge in [-0.25, -0.2) is 0 Å². The Morgan fingerprint density at radius 3 is 2.08 bits per heavy atom. The van der Waals surface area contributed by atoms with E-state index in [1.54, 1.807) is 0 Å². The van der Waals surface area contributed by atoms with Crippen LogP contribution in [-0.4, -0.2) is 41.0 Å². The van der Waals surface area contributed by atoms with Gasteiger partial charge in [-0.2, -0.15) is 13.2 Å². The Balaban J connectivity index is 2.21. The molecule has 2 amide bonds. The monoisotopic (exact) mass is 507 g/mol. The summed E-state index contributed by atoms with van der Waals surface area (Å²) in [6, 6.07) is 10.8. The quantitative estimate of drug-likeness (QED) is 0.344. The fraction of sp³-hybridized carbons (Fsp3) is 0.423. The number of aliphatic carboxylic acids is 1. The highest BCUT2D eigenvalue weighted by molar-refractivity contribution is 5.98. The third kappa shape index (κ3) is 8.99. The third-order valence-electron chi connectivity index (χ3n) is 5.53. The van der Waals surface area contributed by atoms with Crippen molar-refractivity contribution in [3.8, 4) is 0 Å². The van der Waals surface area contributed by atoms with Gasteiger partial charge < -0.3 is 15.7 Å². The van der Waals surface area contributed by atoms with Crippen molar-refractivity contribution in [2.24, 2.45) is 5.92 Å². The molecule has 2 aromatic rings. The molecule has 0 heterocycles. The lowest BCUT2D eigenvalue weighted by Crippen LogP contribution is -2.54. The van der Waals surface area contributed by atoms with Gasteiger partial charge in [0, 0.05) is 0 Å². The molecular formula is C26H32F3N3O4. The van der Waals surface area contributed by atoms with E-state index in [1.807, 2.05) is 44.2 Å². The summed E-state index contributed by atoms with van der Waals surface area (Å²) >= 11 is 0. The zero-order chi connectivity index (χ0) is 26.9. The summed E-state index contributed by atoms with van der Waals surface area (Å²) in [7, 11) is 0. The molecule has 196 valence electrons. The zero-order valence-electron chi connectivity index (χ0n) is 20.4. The lowest BCUT2D eigenvalue weighted by atomic mass is 10.0. The smallest absolute Gasteiger partial charge is 0.418 e. The van der Waals surface area contributed by atoms with E-state index in [2.05, 4.69) is 16.0 Å². The van der Waals surface area contributed by atoms with Crippen LogP contribution < -0.4 is 16.0 Å². The molecule has 0 bridgehead atoms. The second kappa shape index (κ2) is 13.1. The van der Waals surface area contributed by atoms with Gasteiger partial charge in [-0.05, 0) is 49.8 Å². The van der Waals surface area contributed by atoms with Crippen LogP contribution in [0.15, 0.2) is 54.6 Å². The van der Waals surface area contributed by atoms with E-state index in [1.165, 1.54) is 19.1 Å². The number of benzene rings is 2. The fourth-order valence-corrected chi connectivity index (χ4v) is 3.65. The Morgan fingerprint density at radius 1 is 0.889 bits per heavy atom. The van der Waals surface area contributed by atoms with E-state index in [0.717, 1.165) is 17.7 Å². The number of nitrogens with one attached hydrogen (secondary N) is 3. The van der Waals surface area contributed by atoms with Gasteiger partial charge in [0.15, 0.2) is 0 Å². The summed E-state index contributed by atoms with van der Waals surface area (Å²) in [6.07, 6.45) is -3.77. The summed E-state index contributed by atoms with van der Waals surface area (Å²) < 4.78 is 40.1. The summed E-state index contributed by atoms with van der Waals surface area (Å²) in [4.78, 5) is 37.5. The number of carbonyl (C=O) groups excluding carboxylic acids is 2. The first-order valence-corrected chi connectivity index (χ1v) is 11.7. The van der Waals surface area contributed by atoms with Gasteiger partial charge in [-0.1, -0.05) is 56.3 Å². The number of hydrogen-bond donors (Lipinski definition) is 4. The number of para-hydroxylation sites is 1. The lowest BCUT2D eigenvalue weighted by Gasteiger charge is -2.26. The molecule has 10 heteroatoms. The number of rotatable bonds is 12. The minimum Gasteiger partial charge on any atom is -0.480 e. The summed E-state index contributed by atoms with van der Waals surface area (Å²) in [5, 5.41) is 17.0. The molecule has 0 saturated heterocycles. The molecule has 0 aliphatic carbocycles. The fourth-order valence-electron chi connectivity index (χ4n) is 3.65. The van der Waals surface area contributed by atoms with Gasteiger partial charge in [0.1, 0.15) is 12.1 Å². The number of anilines is 1. The Labute approximate surface area is 208 Å². The number of halogens is 3. The van der Waals surface area contributed by atoms with Crippen LogP contribution in [-0.2, 0) is 27.0 Å². The van der Waals surface area contributed by atoms with E-state index in [0.29, 0.717) is 6.42 Å². The molecule has 0 aromatic heterocycles. The van der Waals surface area contributed by atoms with Crippen molar-refractivity contribution in [3.63, 3.8) is 0 Å². The van der Waals surface area contributed by atoms with Crippen molar-refractivity contribution in [2.75, 3.05) is 5.32 Å². The van der Waals surface area contributed by atoms with Crippen LogP contribution in [0.3, 0.4) is 0 Å². The molecule has 0 unspecified atom stereocenters. The van der Waals surface area contributed by atoms with Crippen LogP contribution in [0.2, 0.25) is 0 Å². The number of carboxylic acid groups (broad SMARTS) is 1. The van der Waals surface area contributed by atoms with Crippen LogP contribution in [0.5, 0.6) is 0 Å². The highest BCUT2D eigenvalue weighted by atomic mass is 19.4. The maximum Gasteiger partial charge on any atom is 0.418 e. The molecule has 3 atom stereocenters. The van der Waals surface area contributed by atoms with Crippen molar-refractivity contribution in [1.29, 1.82) is 0 Å². The van der Waals surface area contributed by atoms with E-state index in [4.69, 9.17) is 0 Å². The maximum atomic E-state index is 13.4. The molecule has 4 N–H and O–H groups in total. The Hall–Kier alpha value is -3.40. The Kier molecular flexibility index (Phi) is 10.5. The van der Waals surface area contributed by atoms with Crippen molar-refractivity contribution in [3.05, 3.63) is 65.7 Å². The van der Waals surface area contributed by atoms with Crippen LogP contribution in [0, 0.1) is 5.92 Å². The largest absolute Gasteiger partial charge is 0.480 e. The van der Waals surface area contributed by atoms with Gasteiger partial charge in [0.05, 0.1) is 17.3 Å². The minimum absolute atomic E-state index is 0.0624. The van der Waals surface area contributed by atoms with Gasteiger partial charge in [0.25, 0.3) is 0 Å². The van der Waals surface area contributed by atoms with Gasteiger partial charge in [-0.15, -0.1) is 0 Å². The van der Waals surface area contributed by atoms with Gasteiger partial charge >= 0.3 is 12.1 Å². The van der Waals surface area contributed by atoms with Crippen molar-refractivity contribution < 1.29 is 32.7 Å². The predicted octanol–water partition coefficient (Wildman–Crippen LogP) is 4.24. The van der Waals surface area contributed by atoms with Crippen molar-refractivity contribution in [2.45, 2.75) is 64.3 Å². The molecule has 0 fully saturated rings. The van der Waals surface area contributed by atoms with Gasteiger partial charge in [0.2, 0.25) is 11.8 Å². The molecular weight excluding hydrogens is 475 g/mol. The van der Waals surface area contributed by atoms with E-state index < -0.39 is 53.3 Å². The second-order valence-corrected chi connectivity index (χ2v) is 9.03. The summed E-state index contributed by atoms with van der Waals surface area (Å²) in [6.45, 7) is 5.03. The molecule has 0 spiro atoms. The highest BCUT2D eigenvalue weighted by Crippen LogP contribution is 2.34. The normalized spacial score (nSPS) is 14.1. The first-order valence-electron chi connectivity index (χ1n) is 11.7. The Morgan fingerprint density at radius 2 is 1.50 bits per heavy atom. The number of hydrogen-bond acceptors (Lipinski definition) is 4. The van der Waals surface area contributed by atoms with Crippen LogP contribution in [0.4, 0.5) is 18.9 Å². The molecule has 0 radical (unpaired) electrons. The minimum atomic E-state index is -4.67. The summed E-state index contributed by atoms with van der Waals surface area (Å²) in [5.74, 6) is -2.61. The van der Waals surface area contributed by atoms with Crippen molar-refractivity contribution >= 4 is 23.5 Å². The number of aryl methyl sites for hydroxylation is 1. The molecule has 0 aliphatic rings. The van der Waals surface area contributed by atoms with Crippen molar-refractivity contribution in [1.82, 2.24) is 10.6 Å². The maximum absolute atomic E-state index is 13.4. The molecule has 0 aliphatic heterocycles. The second-order valence-electron chi connectivity index (χ2n) is 9.03. The average Bonchev–Trinajstić information content (AvgIpc) is 2.81. The molecule has 2 rings (SSSR count). The molecule has 2 aromatic carbocycles. The SMILES string of the molecule is CC(C)C[C@H](NC(=O)[C@H](CCc1ccccc1)N[C@H](C)C(=O)O)C(=O)Nc1ccccc1C(F)(F)F. The number of alkyl halides is 3. The van der Waals surface area contributed by atoms with Gasteiger partial charge in [-0.3, -0.25) is 19.7 Å². The zero-order valence-corrected chi connectivity index (χ0v) is 20.4. The van der Waals surface area contributed by atoms with Crippen LogP contribution in [0.1, 0.15) is 44.7 Å². The van der Waals surface area contributed by atoms with E-state index >= 15 is 0 Å². The number of carboxylic acids is 1. The summed E-state index contributed by atoms with van der Waals surface area (Å²) in [5.41, 5.74) is -0.456. The molecule has 0 saturated carbocycles.